The Morgan fingerprint density at radius 3 is 1.13 bits per heavy atom. The van der Waals surface area contributed by atoms with Crippen molar-refractivity contribution in [2.75, 3.05) is 0 Å². The average molecular weight is 546 g/mol. The first-order chi connectivity index (χ1) is 18.9. The maximum absolute atomic E-state index is 13.4. The minimum Gasteiger partial charge on any atom is -0.353 e. The van der Waals surface area contributed by atoms with Crippen molar-refractivity contribution in [3.8, 4) is 0 Å². The summed E-state index contributed by atoms with van der Waals surface area (Å²) in [6.07, 6.45) is 20.8. The molecule has 0 spiro atoms. The van der Waals surface area contributed by atoms with Gasteiger partial charge in [0.1, 0.15) is 0 Å². The van der Waals surface area contributed by atoms with Gasteiger partial charge in [-0.25, -0.2) is 0 Å². The number of rotatable bonds is 14. The second-order valence-electron chi connectivity index (χ2n) is 13.3. The van der Waals surface area contributed by atoms with Gasteiger partial charge in [-0.1, -0.05) is 59.3 Å². The van der Waals surface area contributed by atoms with E-state index in [9.17, 15) is 14.4 Å². The second kappa shape index (κ2) is 17.3. The highest BCUT2D eigenvalue weighted by Gasteiger charge is 2.31. The third-order valence-electron chi connectivity index (χ3n) is 9.94. The molecule has 39 heavy (non-hydrogen) atoms. The minimum atomic E-state index is -0.605. The van der Waals surface area contributed by atoms with Crippen LogP contribution in [0.15, 0.2) is 0 Å². The number of amides is 3. The van der Waals surface area contributed by atoms with E-state index in [1.807, 2.05) is 0 Å². The topological polar surface area (TPSA) is 87.3 Å². The lowest BCUT2D eigenvalue weighted by molar-refractivity contribution is -0.134. The zero-order valence-corrected chi connectivity index (χ0v) is 25.4. The van der Waals surface area contributed by atoms with E-state index in [-0.39, 0.29) is 48.7 Å². The summed E-state index contributed by atoms with van der Waals surface area (Å²) in [5, 5.41) is 9.66. The third-order valence-corrected chi connectivity index (χ3v) is 9.94. The van der Waals surface area contributed by atoms with Crippen LogP contribution in [0.3, 0.4) is 0 Å². The summed E-state index contributed by atoms with van der Waals surface area (Å²) in [6, 6.07) is 0.576. The summed E-state index contributed by atoms with van der Waals surface area (Å²) in [7, 11) is 0. The van der Waals surface area contributed by atoms with Gasteiger partial charge < -0.3 is 16.0 Å². The molecule has 224 valence electrons. The van der Waals surface area contributed by atoms with Crippen LogP contribution in [0, 0.1) is 23.7 Å². The lowest BCUT2D eigenvalue weighted by atomic mass is 9.83. The molecule has 3 amide bonds. The van der Waals surface area contributed by atoms with E-state index in [4.69, 9.17) is 0 Å². The van der Waals surface area contributed by atoms with Gasteiger partial charge in [-0.05, 0) is 94.8 Å². The van der Waals surface area contributed by atoms with Gasteiger partial charge in [0.15, 0.2) is 0 Å². The van der Waals surface area contributed by atoms with Crippen molar-refractivity contribution in [3.63, 3.8) is 0 Å². The lowest BCUT2D eigenvalue weighted by Gasteiger charge is -2.31. The van der Waals surface area contributed by atoms with E-state index in [2.05, 4.69) is 36.7 Å². The largest absolute Gasteiger partial charge is 0.353 e. The molecule has 3 N–H and O–H groups in total. The predicted octanol–water partition coefficient (Wildman–Crippen LogP) is 6.81. The predicted molar refractivity (Wildman–Crippen MR) is 159 cm³/mol. The molecule has 3 fully saturated rings. The summed E-state index contributed by atoms with van der Waals surface area (Å²) in [5.74, 6) is 1.48. The van der Waals surface area contributed by atoms with Crippen LogP contribution in [0.5, 0.6) is 0 Å². The Labute approximate surface area is 239 Å². The molecule has 3 aliphatic rings. The van der Waals surface area contributed by atoms with Crippen LogP contribution >= 0.6 is 0 Å². The molecule has 0 unspecified atom stereocenters. The standard InChI is InChI=1S/C33H59N3O3/c1-4-7-24-10-16-28(17-11-24)34-31(37)22-27(33(39)36-30-20-14-26(9-6-3)15-21-30)23-32(38)35-29-18-12-25(8-5-2)13-19-29/h24-30H,4-23H2,1-3H3,(H,34,37)(H,35,38)(H,36,39). The Morgan fingerprint density at radius 2 is 0.821 bits per heavy atom. The van der Waals surface area contributed by atoms with Crippen molar-refractivity contribution in [1.82, 2.24) is 16.0 Å². The zero-order valence-electron chi connectivity index (χ0n) is 25.4. The molecular weight excluding hydrogens is 486 g/mol. The summed E-state index contributed by atoms with van der Waals surface area (Å²) in [6.45, 7) is 6.72. The number of carbonyl (C=O) groups is 3. The molecule has 6 heteroatoms. The van der Waals surface area contributed by atoms with Crippen molar-refractivity contribution < 1.29 is 14.4 Å². The van der Waals surface area contributed by atoms with E-state index in [0.29, 0.717) is 0 Å². The molecule has 0 saturated heterocycles. The fourth-order valence-corrected chi connectivity index (χ4v) is 7.61. The second-order valence-corrected chi connectivity index (χ2v) is 13.3. The summed E-state index contributed by atoms with van der Waals surface area (Å²) in [4.78, 5) is 39.6. The highest BCUT2D eigenvalue weighted by molar-refractivity contribution is 5.90. The molecule has 0 aromatic carbocycles. The van der Waals surface area contributed by atoms with Crippen molar-refractivity contribution in [2.45, 2.75) is 167 Å². The third kappa shape index (κ3) is 11.4. The van der Waals surface area contributed by atoms with E-state index in [1.54, 1.807) is 0 Å². The van der Waals surface area contributed by atoms with Crippen LogP contribution in [0.1, 0.15) is 149 Å². The molecule has 0 heterocycles. The Kier molecular flexibility index (Phi) is 14.1. The highest BCUT2D eigenvalue weighted by Crippen LogP contribution is 2.30. The molecule has 3 rings (SSSR count). The highest BCUT2D eigenvalue weighted by atomic mass is 16.2. The number of hydrogen-bond donors (Lipinski definition) is 3. The Morgan fingerprint density at radius 1 is 0.513 bits per heavy atom. The Balaban J connectivity index is 1.51. The zero-order chi connectivity index (χ0) is 28.0. The Bertz CT molecular complexity index is 690. The van der Waals surface area contributed by atoms with Gasteiger partial charge in [0.2, 0.25) is 17.7 Å². The van der Waals surface area contributed by atoms with Gasteiger partial charge in [-0.15, -0.1) is 0 Å². The van der Waals surface area contributed by atoms with E-state index < -0.39 is 5.92 Å². The van der Waals surface area contributed by atoms with Crippen molar-refractivity contribution in [2.24, 2.45) is 23.7 Å². The van der Waals surface area contributed by atoms with Crippen LogP contribution in [-0.2, 0) is 14.4 Å². The maximum Gasteiger partial charge on any atom is 0.224 e. The first-order valence-electron chi connectivity index (χ1n) is 16.8. The molecule has 0 aliphatic heterocycles. The molecule has 0 aromatic heterocycles. The molecule has 0 aromatic rings. The summed E-state index contributed by atoms with van der Waals surface area (Å²) >= 11 is 0. The van der Waals surface area contributed by atoms with Crippen LogP contribution in [0.4, 0.5) is 0 Å². The monoisotopic (exact) mass is 545 g/mol. The lowest BCUT2D eigenvalue weighted by Crippen LogP contribution is -2.46. The molecule has 3 saturated carbocycles. The van der Waals surface area contributed by atoms with E-state index in [0.717, 1.165) is 69.1 Å². The number of hydrogen-bond acceptors (Lipinski definition) is 3. The first-order valence-corrected chi connectivity index (χ1v) is 16.8. The normalized spacial score (nSPS) is 30.2. The minimum absolute atomic E-state index is 0.0754. The molecule has 6 nitrogen and oxygen atoms in total. The van der Waals surface area contributed by atoms with Crippen molar-refractivity contribution >= 4 is 17.7 Å². The van der Waals surface area contributed by atoms with Crippen LogP contribution in [0.25, 0.3) is 0 Å². The summed E-state index contributed by atoms with van der Waals surface area (Å²) in [5.41, 5.74) is 0. The van der Waals surface area contributed by atoms with Crippen LogP contribution < -0.4 is 16.0 Å². The van der Waals surface area contributed by atoms with Gasteiger partial charge in [-0.3, -0.25) is 14.4 Å². The molecule has 3 aliphatic carbocycles. The van der Waals surface area contributed by atoms with Crippen molar-refractivity contribution in [3.05, 3.63) is 0 Å². The van der Waals surface area contributed by atoms with Crippen LogP contribution in [-0.4, -0.2) is 35.8 Å². The van der Waals surface area contributed by atoms with Gasteiger partial charge in [0.25, 0.3) is 0 Å². The number of carbonyl (C=O) groups excluding carboxylic acids is 3. The molecular formula is C33H59N3O3. The summed E-state index contributed by atoms with van der Waals surface area (Å²) < 4.78 is 0. The molecule has 0 atom stereocenters. The fourth-order valence-electron chi connectivity index (χ4n) is 7.61. The average Bonchev–Trinajstić information content (AvgIpc) is 2.92. The van der Waals surface area contributed by atoms with Gasteiger partial charge in [0, 0.05) is 31.0 Å². The molecule has 0 radical (unpaired) electrons. The van der Waals surface area contributed by atoms with Crippen LogP contribution in [0.2, 0.25) is 0 Å². The first kappa shape index (κ1) is 31.9. The van der Waals surface area contributed by atoms with Gasteiger partial charge >= 0.3 is 0 Å². The van der Waals surface area contributed by atoms with E-state index >= 15 is 0 Å². The SMILES string of the molecule is CCCC1CCC(NC(=O)CC(CC(=O)NC2CCC(CCC)CC2)C(=O)NC2CCC(CCC)CC2)CC1. The quantitative estimate of drug-likeness (QED) is 0.224. The smallest absolute Gasteiger partial charge is 0.224 e. The van der Waals surface area contributed by atoms with Crippen molar-refractivity contribution in [1.29, 1.82) is 0 Å². The molecule has 0 bridgehead atoms. The van der Waals surface area contributed by atoms with Gasteiger partial charge in [-0.2, -0.15) is 0 Å². The van der Waals surface area contributed by atoms with E-state index in [1.165, 1.54) is 64.2 Å². The Hall–Kier alpha value is -1.59. The maximum atomic E-state index is 13.4. The fraction of sp³-hybridized carbons (Fsp3) is 0.909. The number of nitrogens with one attached hydrogen (secondary N) is 3. The van der Waals surface area contributed by atoms with Gasteiger partial charge in [0.05, 0.1) is 5.92 Å².